The van der Waals surface area contributed by atoms with Crippen LogP contribution < -0.4 is 25.0 Å². The Morgan fingerprint density at radius 3 is 1.85 bits per heavy atom. The SMILES string of the molecule is COc1cc(C(=O)N/N=C(/C)c2ccc(NC(=O)c3ccc(Cl)cc3)cc2)cc(OC)c1OC. The standard InChI is InChI=1S/C25H24ClN3O5/c1-15(28-29-25(31)18-13-21(32-2)23(34-4)22(14-18)33-3)16-7-11-20(12-8-16)27-24(30)17-5-9-19(26)10-6-17/h5-14H,1-4H3,(H,27,30)(H,29,31)/b28-15-. The highest BCUT2D eigenvalue weighted by Gasteiger charge is 2.17. The van der Waals surface area contributed by atoms with Gasteiger partial charge in [-0.25, -0.2) is 5.43 Å². The maximum atomic E-state index is 12.6. The maximum Gasteiger partial charge on any atom is 0.271 e. The highest BCUT2D eigenvalue weighted by atomic mass is 35.5. The Bertz CT molecular complexity index is 1180. The molecule has 3 aromatic rings. The highest BCUT2D eigenvalue weighted by molar-refractivity contribution is 6.30. The summed E-state index contributed by atoms with van der Waals surface area (Å²) in [6, 6.07) is 16.8. The van der Waals surface area contributed by atoms with Crippen LogP contribution in [-0.2, 0) is 0 Å². The molecule has 0 unspecified atom stereocenters. The molecule has 3 aromatic carbocycles. The zero-order chi connectivity index (χ0) is 24.7. The molecular formula is C25H24ClN3O5. The Kier molecular flexibility index (Phi) is 8.10. The third kappa shape index (κ3) is 5.85. The van der Waals surface area contributed by atoms with E-state index in [1.54, 1.807) is 67.6 Å². The molecule has 0 saturated heterocycles. The van der Waals surface area contributed by atoms with Gasteiger partial charge in [0, 0.05) is 21.8 Å². The second-order valence-corrected chi connectivity index (χ2v) is 7.53. The van der Waals surface area contributed by atoms with Crippen molar-refractivity contribution in [2.75, 3.05) is 26.6 Å². The number of methoxy groups -OCH3 is 3. The molecule has 0 fully saturated rings. The predicted molar refractivity (Wildman–Crippen MR) is 132 cm³/mol. The van der Waals surface area contributed by atoms with Gasteiger partial charge in [-0.15, -0.1) is 0 Å². The van der Waals surface area contributed by atoms with Gasteiger partial charge in [0.05, 0.1) is 27.0 Å². The zero-order valence-corrected chi connectivity index (χ0v) is 19.9. The van der Waals surface area contributed by atoms with Crippen LogP contribution in [0.5, 0.6) is 17.2 Å². The van der Waals surface area contributed by atoms with Gasteiger partial charge in [0.2, 0.25) is 5.75 Å². The van der Waals surface area contributed by atoms with E-state index in [2.05, 4.69) is 15.8 Å². The number of halogens is 1. The number of nitrogens with zero attached hydrogens (tertiary/aromatic N) is 1. The van der Waals surface area contributed by atoms with Crippen molar-refractivity contribution in [1.29, 1.82) is 0 Å². The van der Waals surface area contributed by atoms with Crippen molar-refractivity contribution in [3.05, 3.63) is 82.4 Å². The van der Waals surface area contributed by atoms with Crippen LogP contribution in [0.25, 0.3) is 0 Å². The fourth-order valence-electron chi connectivity index (χ4n) is 3.08. The number of nitrogens with one attached hydrogen (secondary N) is 2. The number of amides is 2. The van der Waals surface area contributed by atoms with Crippen molar-refractivity contribution in [2.45, 2.75) is 6.92 Å². The van der Waals surface area contributed by atoms with Gasteiger partial charge in [0.15, 0.2) is 11.5 Å². The van der Waals surface area contributed by atoms with Gasteiger partial charge >= 0.3 is 0 Å². The van der Waals surface area contributed by atoms with E-state index in [1.807, 2.05) is 0 Å². The molecule has 0 saturated carbocycles. The molecule has 0 aromatic heterocycles. The molecule has 2 N–H and O–H groups in total. The van der Waals surface area contributed by atoms with Crippen molar-refractivity contribution < 1.29 is 23.8 Å². The summed E-state index contributed by atoms with van der Waals surface area (Å²) in [6.07, 6.45) is 0. The lowest BCUT2D eigenvalue weighted by molar-refractivity contribution is 0.0953. The Morgan fingerprint density at radius 2 is 1.32 bits per heavy atom. The Morgan fingerprint density at radius 1 is 0.765 bits per heavy atom. The Hall–Kier alpha value is -4.04. The van der Waals surface area contributed by atoms with E-state index in [0.29, 0.717) is 44.8 Å². The number of hydrogen-bond donors (Lipinski definition) is 2. The summed E-state index contributed by atoms with van der Waals surface area (Å²) in [5.41, 5.74) is 5.30. The average Bonchev–Trinajstić information content (AvgIpc) is 2.86. The van der Waals surface area contributed by atoms with Gasteiger partial charge in [-0.1, -0.05) is 23.7 Å². The van der Waals surface area contributed by atoms with Gasteiger partial charge < -0.3 is 19.5 Å². The number of hydrogen-bond acceptors (Lipinski definition) is 6. The first-order valence-corrected chi connectivity index (χ1v) is 10.6. The first kappa shape index (κ1) is 24.6. The molecule has 3 rings (SSSR count). The maximum absolute atomic E-state index is 12.6. The van der Waals surface area contributed by atoms with Crippen molar-refractivity contribution >= 4 is 34.8 Å². The average molecular weight is 482 g/mol. The molecule has 0 bridgehead atoms. The summed E-state index contributed by atoms with van der Waals surface area (Å²) in [4.78, 5) is 25.0. The first-order valence-electron chi connectivity index (χ1n) is 10.2. The molecule has 0 aliphatic carbocycles. The van der Waals surface area contributed by atoms with Crippen molar-refractivity contribution in [2.24, 2.45) is 5.10 Å². The Labute approximate surface area is 202 Å². The van der Waals surface area contributed by atoms with Gasteiger partial charge in [-0.05, 0) is 61.0 Å². The van der Waals surface area contributed by atoms with Crippen LogP contribution in [0.3, 0.4) is 0 Å². The summed E-state index contributed by atoms with van der Waals surface area (Å²) in [5, 5.41) is 7.56. The first-order chi connectivity index (χ1) is 16.4. The number of rotatable bonds is 8. The van der Waals surface area contributed by atoms with Crippen molar-refractivity contribution in [3.63, 3.8) is 0 Å². The van der Waals surface area contributed by atoms with Crippen molar-refractivity contribution in [3.8, 4) is 17.2 Å². The molecule has 0 aliphatic rings. The summed E-state index contributed by atoms with van der Waals surface area (Å²) < 4.78 is 15.8. The predicted octanol–water partition coefficient (Wildman–Crippen LogP) is 4.77. The fourth-order valence-corrected chi connectivity index (χ4v) is 3.20. The second-order valence-electron chi connectivity index (χ2n) is 7.09. The number of carbonyl (C=O) groups is 2. The van der Waals surface area contributed by atoms with E-state index < -0.39 is 5.91 Å². The topological polar surface area (TPSA) is 98.2 Å². The van der Waals surface area contributed by atoms with Crippen LogP contribution in [0.4, 0.5) is 5.69 Å². The van der Waals surface area contributed by atoms with E-state index in [0.717, 1.165) is 5.56 Å². The summed E-state index contributed by atoms with van der Waals surface area (Å²) >= 11 is 5.86. The summed E-state index contributed by atoms with van der Waals surface area (Å²) in [6.45, 7) is 1.76. The third-order valence-corrected chi connectivity index (χ3v) is 5.17. The van der Waals surface area contributed by atoms with Crippen LogP contribution in [0, 0.1) is 0 Å². The lowest BCUT2D eigenvalue weighted by Gasteiger charge is -2.13. The normalized spacial score (nSPS) is 10.9. The second kappa shape index (κ2) is 11.2. The van der Waals surface area contributed by atoms with Crippen LogP contribution in [0.15, 0.2) is 65.8 Å². The minimum atomic E-state index is -0.439. The minimum Gasteiger partial charge on any atom is -0.493 e. The quantitative estimate of drug-likeness (QED) is 0.356. The highest BCUT2D eigenvalue weighted by Crippen LogP contribution is 2.38. The molecular weight excluding hydrogens is 458 g/mol. The van der Waals surface area contributed by atoms with E-state index in [9.17, 15) is 9.59 Å². The van der Waals surface area contributed by atoms with E-state index in [-0.39, 0.29) is 5.91 Å². The van der Waals surface area contributed by atoms with Crippen LogP contribution in [0.1, 0.15) is 33.2 Å². The molecule has 0 heterocycles. The number of anilines is 1. The van der Waals surface area contributed by atoms with Crippen LogP contribution in [-0.4, -0.2) is 38.9 Å². The van der Waals surface area contributed by atoms with Crippen LogP contribution >= 0.6 is 11.6 Å². The van der Waals surface area contributed by atoms with E-state index in [1.165, 1.54) is 21.3 Å². The lowest BCUT2D eigenvalue weighted by atomic mass is 10.1. The molecule has 176 valence electrons. The molecule has 34 heavy (non-hydrogen) atoms. The minimum absolute atomic E-state index is 0.243. The molecule has 0 radical (unpaired) electrons. The molecule has 0 spiro atoms. The number of ether oxygens (including phenoxy) is 3. The molecule has 0 atom stereocenters. The summed E-state index contributed by atoms with van der Waals surface area (Å²) in [5.74, 6) is 0.440. The number of benzene rings is 3. The summed E-state index contributed by atoms with van der Waals surface area (Å²) in [7, 11) is 4.44. The van der Waals surface area contributed by atoms with Gasteiger partial charge in [0.25, 0.3) is 11.8 Å². The Balaban J connectivity index is 1.68. The number of carbonyl (C=O) groups excluding carboxylic acids is 2. The monoisotopic (exact) mass is 481 g/mol. The largest absolute Gasteiger partial charge is 0.493 e. The lowest BCUT2D eigenvalue weighted by Crippen LogP contribution is -2.19. The van der Waals surface area contributed by atoms with Gasteiger partial charge in [-0.3, -0.25) is 9.59 Å². The van der Waals surface area contributed by atoms with E-state index >= 15 is 0 Å². The van der Waals surface area contributed by atoms with Gasteiger partial charge in [-0.2, -0.15) is 5.10 Å². The van der Waals surface area contributed by atoms with Crippen molar-refractivity contribution in [1.82, 2.24) is 5.43 Å². The smallest absolute Gasteiger partial charge is 0.271 e. The molecule has 8 nitrogen and oxygen atoms in total. The fraction of sp³-hybridized carbons (Fsp3) is 0.160. The van der Waals surface area contributed by atoms with Crippen LogP contribution in [0.2, 0.25) is 5.02 Å². The van der Waals surface area contributed by atoms with Gasteiger partial charge in [0.1, 0.15) is 0 Å². The zero-order valence-electron chi connectivity index (χ0n) is 19.1. The molecule has 0 aliphatic heterocycles. The van der Waals surface area contributed by atoms with E-state index in [4.69, 9.17) is 25.8 Å². The molecule has 9 heteroatoms. The number of hydrazone groups is 1. The molecule has 2 amide bonds. The third-order valence-electron chi connectivity index (χ3n) is 4.92.